The molecular formula is C16H24N2O3. The van der Waals surface area contributed by atoms with Gasteiger partial charge in [0, 0.05) is 18.2 Å². The van der Waals surface area contributed by atoms with Crippen LogP contribution in [-0.2, 0) is 4.79 Å². The molecule has 21 heavy (non-hydrogen) atoms. The minimum absolute atomic E-state index is 0.0508. The molecule has 0 aliphatic carbocycles. The molecule has 0 saturated carbocycles. The van der Waals surface area contributed by atoms with Gasteiger partial charge in [0.15, 0.2) is 11.5 Å². The lowest BCUT2D eigenvalue weighted by atomic mass is 9.96. The summed E-state index contributed by atoms with van der Waals surface area (Å²) in [5, 5.41) is 6.26. The fourth-order valence-electron chi connectivity index (χ4n) is 2.59. The van der Waals surface area contributed by atoms with Crippen LogP contribution >= 0.6 is 0 Å². The lowest BCUT2D eigenvalue weighted by Crippen LogP contribution is -2.32. The Labute approximate surface area is 126 Å². The van der Waals surface area contributed by atoms with Crippen molar-refractivity contribution in [3.8, 4) is 11.5 Å². The average Bonchev–Trinajstić information content (AvgIpc) is 2.50. The number of carbonyl (C=O) groups is 1. The van der Waals surface area contributed by atoms with Gasteiger partial charge in [-0.15, -0.1) is 0 Å². The summed E-state index contributed by atoms with van der Waals surface area (Å²) in [6.45, 7) is 4.50. The molecule has 116 valence electrons. The molecule has 1 unspecified atom stereocenters. The van der Waals surface area contributed by atoms with Gasteiger partial charge in [0.25, 0.3) is 0 Å². The zero-order valence-electron chi connectivity index (χ0n) is 12.8. The zero-order chi connectivity index (χ0) is 15.1. The van der Waals surface area contributed by atoms with Gasteiger partial charge in [-0.2, -0.15) is 0 Å². The highest BCUT2D eigenvalue weighted by molar-refractivity contribution is 5.91. The molecule has 2 rings (SSSR count). The molecule has 5 nitrogen and oxygen atoms in total. The molecular weight excluding hydrogens is 268 g/mol. The number of nitrogens with one attached hydrogen (secondary N) is 2. The lowest BCUT2D eigenvalue weighted by molar-refractivity contribution is -0.117. The van der Waals surface area contributed by atoms with Crippen molar-refractivity contribution in [1.82, 2.24) is 5.32 Å². The summed E-state index contributed by atoms with van der Waals surface area (Å²) in [5.74, 6) is 1.81. The summed E-state index contributed by atoms with van der Waals surface area (Å²) in [6.07, 6.45) is 2.82. The van der Waals surface area contributed by atoms with Crippen molar-refractivity contribution < 1.29 is 14.3 Å². The highest BCUT2D eigenvalue weighted by Gasteiger charge is 2.17. The number of benzene rings is 1. The van der Waals surface area contributed by atoms with Gasteiger partial charge in [-0.1, -0.05) is 0 Å². The third-order valence-electron chi connectivity index (χ3n) is 3.62. The normalized spacial score (nSPS) is 18.1. The van der Waals surface area contributed by atoms with E-state index in [2.05, 4.69) is 10.6 Å². The summed E-state index contributed by atoms with van der Waals surface area (Å²) < 4.78 is 10.7. The summed E-state index contributed by atoms with van der Waals surface area (Å²) in [4.78, 5) is 12.1. The quantitative estimate of drug-likeness (QED) is 0.845. The van der Waals surface area contributed by atoms with Crippen molar-refractivity contribution >= 4 is 11.6 Å². The van der Waals surface area contributed by atoms with Gasteiger partial charge in [-0.3, -0.25) is 4.79 Å². The van der Waals surface area contributed by atoms with E-state index in [-0.39, 0.29) is 5.91 Å². The molecule has 1 aromatic rings. The molecule has 1 fully saturated rings. The SMILES string of the molecule is CCOc1ccc(NC(=O)CC2CCCNC2)cc1OC. The summed E-state index contributed by atoms with van der Waals surface area (Å²) in [7, 11) is 1.59. The van der Waals surface area contributed by atoms with Gasteiger partial charge in [-0.25, -0.2) is 0 Å². The van der Waals surface area contributed by atoms with Gasteiger partial charge in [-0.05, 0) is 50.9 Å². The smallest absolute Gasteiger partial charge is 0.224 e. The van der Waals surface area contributed by atoms with Crippen LogP contribution in [0.25, 0.3) is 0 Å². The van der Waals surface area contributed by atoms with Gasteiger partial charge in [0.1, 0.15) is 0 Å². The first kappa shape index (κ1) is 15.6. The summed E-state index contributed by atoms with van der Waals surface area (Å²) in [5.41, 5.74) is 0.740. The monoisotopic (exact) mass is 292 g/mol. The van der Waals surface area contributed by atoms with Crippen molar-refractivity contribution in [3.63, 3.8) is 0 Å². The van der Waals surface area contributed by atoms with Crippen LogP contribution in [0.4, 0.5) is 5.69 Å². The number of carbonyl (C=O) groups excluding carboxylic acids is 1. The van der Waals surface area contributed by atoms with E-state index in [4.69, 9.17) is 9.47 Å². The van der Waals surface area contributed by atoms with Crippen LogP contribution in [0.3, 0.4) is 0 Å². The van der Waals surface area contributed by atoms with E-state index < -0.39 is 0 Å². The number of anilines is 1. The first-order chi connectivity index (χ1) is 10.2. The first-order valence-electron chi connectivity index (χ1n) is 7.54. The highest BCUT2D eigenvalue weighted by Crippen LogP contribution is 2.30. The number of ether oxygens (including phenoxy) is 2. The minimum Gasteiger partial charge on any atom is -0.493 e. The molecule has 1 aliphatic heterocycles. The number of amides is 1. The molecule has 5 heteroatoms. The molecule has 0 bridgehead atoms. The maximum absolute atomic E-state index is 12.1. The van der Waals surface area contributed by atoms with Crippen LogP contribution < -0.4 is 20.1 Å². The molecule has 1 aromatic carbocycles. The molecule has 0 spiro atoms. The Morgan fingerprint density at radius 1 is 1.43 bits per heavy atom. The summed E-state index contributed by atoms with van der Waals surface area (Å²) >= 11 is 0. The third-order valence-corrected chi connectivity index (χ3v) is 3.62. The lowest BCUT2D eigenvalue weighted by Gasteiger charge is -2.22. The van der Waals surface area contributed by atoms with E-state index in [1.807, 2.05) is 19.1 Å². The van der Waals surface area contributed by atoms with Gasteiger partial charge >= 0.3 is 0 Å². The van der Waals surface area contributed by atoms with Crippen molar-refractivity contribution in [1.29, 1.82) is 0 Å². The maximum atomic E-state index is 12.1. The second kappa shape index (κ2) is 7.88. The average molecular weight is 292 g/mol. The van der Waals surface area contributed by atoms with E-state index in [0.29, 0.717) is 30.4 Å². The fraction of sp³-hybridized carbons (Fsp3) is 0.562. The van der Waals surface area contributed by atoms with Crippen LogP contribution in [0, 0.1) is 5.92 Å². The number of piperidine rings is 1. The Kier molecular flexibility index (Phi) is 5.87. The van der Waals surface area contributed by atoms with Crippen LogP contribution in [0.2, 0.25) is 0 Å². The van der Waals surface area contributed by atoms with E-state index in [0.717, 1.165) is 31.6 Å². The largest absolute Gasteiger partial charge is 0.493 e. The molecule has 1 aliphatic rings. The molecule has 0 aromatic heterocycles. The molecule has 2 N–H and O–H groups in total. The van der Waals surface area contributed by atoms with Crippen molar-refractivity contribution in [2.24, 2.45) is 5.92 Å². The zero-order valence-corrected chi connectivity index (χ0v) is 12.8. The Hall–Kier alpha value is -1.75. The van der Waals surface area contributed by atoms with Crippen molar-refractivity contribution in [3.05, 3.63) is 18.2 Å². The second-order valence-electron chi connectivity index (χ2n) is 5.26. The van der Waals surface area contributed by atoms with Gasteiger partial charge < -0.3 is 20.1 Å². The molecule has 1 amide bonds. The maximum Gasteiger partial charge on any atom is 0.224 e. The molecule has 0 radical (unpaired) electrons. The Balaban J connectivity index is 1.93. The fourth-order valence-corrected chi connectivity index (χ4v) is 2.59. The van der Waals surface area contributed by atoms with E-state index in [1.165, 1.54) is 0 Å². The number of hydrogen-bond donors (Lipinski definition) is 2. The van der Waals surface area contributed by atoms with E-state index in [9.17, 15) is 4.79 Å². The summed E-state index contributed by atoms with van der Waals surface area (Å²) in [6, 6.07) is 5.45. The van der Waals surface area contributed by atoms with E-state index >= 15 is 0 Å². The van der Waals surface area contributed by atoms with Gasteiger partial charge in [0.2, 0.25) is 5.91 Å². The Morgan fingerprint density at radius 2 is 2.29 bits per heavy atom. The first-order valence-corrected chi connectivity index (χ1v) is 7.54. The third kappa shape index (κ3) is 4.63. The van der Waals surface area contributed by atoms with Crippen LogP contribution in [0.1, 0.15) is 26.2 Å². The van der Waals surface area contributed by atoms with Crippen molar-refractivity contribution in [2.45, 2.75) is 26.2 Å². The molecule has 1 atom stereocenters. The number of rotatable bonds is 6. The van der Waals surface area contributed by atoms with Crippen LogP contribution in [0.5, 0.6) is 11.5 Å². The van der Waals surface area contributed by atoms with Crippen LogP contribution in [-0.4, -0.2) is 32.7 Å². The molecule has 1 heterocycles. The van der Waals surface area contributed by atoms with Crippen molar-refractivity contribution in [2.75, 3.05) is 32.1 Å². The highest BCUT2D eigenvalue weighted by atomic mass is 16.5. The topological polar surface area (TPSA) is 59.6 Å². The molecule has 1 saturated heterocycles. The minimum atomic E-state index is 0.0508. The Morgan fingerprint density at radius 3 is 2.95 bits per heavy atom. The predicted octanol–water partition coefficient (Wildman–Crippen LogP) is 2.42. The van der Waals surface area contributed by atoms with Crippen LogP contribution in [0.15, 0.2) is 18.2 Å². The van der Waals surface area contributed by atoms with Gasteiger partial charge in [0.05, 0.1) is 13.7 Å². The number of hydrogen-bond acceptors (Lipinski definition) is 4. The Bertz CT molecular complexity index is 471. The second-order valence-corrected chi connectivity index (χ2v) is 5.26. The number of methoxy groups -OCH3 is 1. The van der Waals surface area contributed by atoms with E-state index in [1.54, 1.807) is 13.2 Å². The standard InChI is InChI=1S/C16H24N2O3/c1-3-21-14-7-6-13(10-15(14)20-2)18-16(19)9-12-5-4-8-17-11-12/h6-7,10,12,17H,3-5,8-9,11H2,1-2H3,(H,18,19). The predicted molar refractivity (Wildman–Crippen MR) is 83.0 cm³/mol.